The van der Waals surface area contributed by atoms with Crippen LogP contribution >= 0.6 is 11.6 Å². The van der Waals surface area contributed by atoms with Crippen LogP contribution in [0.4, 0.5) is 8.78 Å². The summed E-state index contributed by atoms with van der Waals surface area (Å²) in [5.41, 5.74) is 1.28. The zero-order chi connectivity index (χ0) is 14.8. The maximum absolute atomic E-state index is 13.7. The van der Waals surface area contributed by atoms with E-state index in [9.17, 15) is 8.78 Å². The van der Waals surface area contributed by atoms with Gasteiger partial charge in [-0.2, -0.15) is 0 Å². The molecule has 0 amide bonds. The SMILES string of the molecule is Fc1ccc(F)c(Oc2cc(CCl)nc3ccccc23)c1. The lowest BCUT2D eigenvalue weighted by molar-refractivity contribution is 0.440. The van der Waals surface area contributed by atoms with Gasteiger partial charge in [-0.1, -0.05) is 12.1 Å². The Kier molecular flexibility index (Phi) is 3.71. The smallest absolute Gasteiger partial charge is 0.166 e. The number of rotatable bonds is 3. The van der Waals surface area contributed by atoms with Crippen molar-refractivity contribution in [3.05, 3.63) is 65.9 Å². The monoisotopic (exact) mass is 305 g/mol. The summed E-state index contributed by atoms with van der Waals surface area (Å²) in [4.78, 5) is 4.36. The summed E-state index contributed by atoms with van der Waals surface area (Å²) in [6.07, 6.45) is 0. The first-order valence-corrected chi connectivity index (χ1v) is 6.78. The number of halogens is 3. The Labute approximate surface area is 125 Å². The lowest BCUT2D eigenvalue weighted by atomic mass is 10.2. The minimum absolute atomic E-state index is 0.174. The lowest BCUT2D eigenvalue weighted by Crippen LogP contribution is -1.94. The van der Waals surface area contributed by atoms with E-state index in [-0.39, 0.29) is 11.6 Å². The van der Waals surface area contributed by atoms with Gasteiger partial charge in [0.25, 0.3) is 0 Å². The number of pyridine rings is 1. The van der Waals surface area contributed by atoms with E-state index in [1.165, 1.54) is 0 Å². The largest absolute Gasteiger partial charge is 0.453 e. The van der Waals surface area contributed by atoms with Gasteiger partial charge in [0.1, 0.15) is 11.6 Å². The van der Waals surface area contributed by atoms with Crippen molar-refractivity contribution in [2.24, 2.45) is 0 Å². The third-order valence-electron chi connectivity index (χ3n) is 2.98. The molecular weight excluding hydrogens is 296 g/mol. The highest BCUT2D eigenvalue weighted by Crippen LogP contribution is 2.32. The molecule has 2 aromatic carbocycles. The standard InChI is InChI=1S/C16H10ClF2NO/c17-9-11-8-15(12-3-1-2-4-14(12)20-11)21-16-7-10(18)5-6-13(16)19/h1-8H,9H2. The van der Waals surface area contributed by atoms with Crippen molar-refractivity contribution in [2.75, 3.05) is 0 Å². The normalized spacial score (nSPS) is 10.8. The van der Waals surface area contributed by atoms with Gasteiger partial charge >= 0.3 is 0 Å². The summed E-state index contributed by atoms with van der Waals surface area (Å²) in [6.45, 7) is 0. The van der Waals surface area contributed by atoms with Gasteiger partial charge in [0.2, 0.25) is 0 Å². The van der Waals surface area contributed by atoms with Crippen molar-refractivity contribution < 1.29 is 13.5 Å². The molecule has 21 heavy (non-hydrogen) atoms. The first kappa shape index (κ1) is 13.8. The Morgan fingerprint density at radius 3 is 2.62 bits per heavy atom. The van der Waals surface area contributed by atoms with Crippen LogP contribution in [0.15, 0.2) is 48.5 Å². The van der Waals surface area contributed by atoms with Gasteiger partial charge in [-0.05, 0) is 24.3 Å². The highest BCUT2D eigenvalue weighted by molar-refractivity contribution is 6.17. The predicted molar refractivity (Wildman–Crippen MR) is 77.7 cm³/mol. The molecule has 3 rings (SSSR count). The van der Waals surface area contributed by atoms with Gasteiger partial charge in [-0.25, -0.2) is 8.78 Å². The number of ether oxygens (including phenoxy) is 1. The van der Waals surface area contributed by atoms with E-state index < -0.39 is 11.6 Å². The minimum atomic E-state index is -0.635. The Hall–Kier alpha value is -2.20. The van der Waals surface area contributed by atoms with E-state index in [1.54, 1.807) is 18.2 Å². The maximum Gasteiger partial charge on any atom is 0.166 e. The van der Waals surface area contributed by atoms with Gasteiger partial charge in [0.15, 0.2) is 11.6 Å². The summed E-state index contributed by atoms with van der Waals surface area (Å²) in [5.74, 6) is -0.785. The van der Waals surface area contributed by atoms with Crippen LogP contribution in [-0.4, -0.2) is 4.98 Å². The summed E-state index contributed by atoms with van der Waals surface area (Å²) in [5, 5.41) is 0.704. The van der Waals surface area contributed by atoms with E-state index in [1.807, 2.05) is 12.1 Å². The first-order chi connectivity index (χ1) is 10.2. The number of nitrogens with zero attached hydrogens (tertiary/aromatic N) is 1. The van der Waals surface area contributed by atoms with Crippen molar-refractivity contribution in [3.8, 4) is 11.5 Å². The second kappa shape index (κ2) is 5.66. The van der Waals surface area contributed by atoms with Gasteiger partial charge in [-0.3, -0.25) is 4.98 Å². The van der Waals surface area contributed by atoms with Crippen LogP contribution in [0.25, 0.3) is 10.9 Å². The van der Waals surface area contributed by atoms with Crippen molar-refractivity contribution >= 4 is 22.5 Å². The average molecular weight is 306 g/mol. The van der Waals surface area contributed by atoms with Crippen molar-refractivity contribution in [3.63, 3.8) is 0 Å². The number of hydrogen-bond acceptors (Lipinski definition) is 2. The zero-order valence-electron chi connectivity index (χ0n) is 10.8. The van der Waals surface area contributed by atoms with Crippen molar-refractivity contribution in [2.45, 2.75) is 5.88 Å². The first-order valence-electron chi connectivity index (χ1n) is 6.25. The second-order valence-electron chi connectivity index (χ2n) is 4.44. The quantitative estimate of drug-likeness (QED) is 0.632. The highest BCUT2D eigenvalue weighted by Gasteiger charge is 2.11. The number of fused-ring (bicyclic) bond motifs is 1. The third kappa shape index (κ3) is 2.81. The summed E-state index contributed by atoms with van der Waals surface area (Å²) in [6, 6.07) is 11.9. The maximum atomic E-state index is 13.7. The van der Waals surface area contributed by atoms with Gasteiger partial charge < -0.3 is 4.74 Å². The van der Waals surface area contributed by atoms with Crippen LogP contribution in [0, 0.1) is 11.6 Å². The molecule has 1 heterocycles. The van der Waals surface area contributed by atoms with E-state index in [4.69, 9.17) is 16.3 Å². The molecule has 106 valence electrons. The molecule has 0 spiro atoms. The average Bonchev–Trinajstić information content (AvgIpc) is 2.50. The topological polar surface area (TPSA) is 22.1 Å². The summed E-state index contributed by atoms with van der Waals surface area (Å²) in [7, 11) is 0. The number of para-hydroxylation sites is 1. The molecule has 0 aliphatic heterocycles. The molecule has 0 aliphatic carbocycles. The van der Waals surface area contributed by atoms with Crippen LogP contribution in [0.1, 0.15) is 5.69 Å². The molecule has 0 N–H and O–H groups in total. The molecule has 0 aliphatic rings. The predicted octanol–water partition coefficient (Wildman–Crippen LogP) is 5.04. The van der Waals surface area contributed by atoms with Gasteiger partial charge in [-0.15, -0.1) is 11.6 Å². The molecule has 5 heteroatoms. The summed E-state index contributed by atoms with van der Waals surface area (Å²) < 4.78 is 32.5. The molecular formula is C16H10ClF2NO. The number of hydrogen-bond donors (Lipinski definition) is 0. The van der Waals surface area contributed by atoms with Crippen LogP contribution in [0.3, 0.4) is 0 Å². The molecule has 0 unspecified atom stereocenters. The lowest BCUT2D eigenvalue weighted by Gasteiger charge is -2.11. The number of alkyl halides is 1. The Morgan fingerprint density at radius 1 is 1.00 bits per heavy atom. The van der Waals surface area contributed by atoms with Crippen LogP contribution < -0.4 is 4.74 Å². The van der Waals surface area contributed by atoms with E-state index >= 15 is 0 Å². The molecule has 3 aromatic rings. The van der Waals surface area contributed by atoms with Gasteiger partial charge in [0, 0.05) is 17.5 Å². The fourth-order valence-electron chi connectivity index (χ4n) is 2.02. The molecule has 0 saturated heterocycles. The molecule has 0 radical (unpaired) electrons. The Balaban J connectivity index is 2.13. The Morgan fingerprint density at radius 2 is 1.81 bits per heavy atom. The number of aromatic nitrogens is 1. The fourth-order valence-corrected chi connectivity index (χ4v) is 2.16. The van der Waals surface area contributed by atoms with Crippen LogP contribution in [0.5, 0.6) is 11.5 Å². The fraction of sp³-hybridized carbons (Fsp3) is 0.0625. The van der Waals surface area contributed by atoms with E-state index in [2.05, 4.69) is 4.98 Å². The minimum Gasteiger partial charge on any atom is -0.453 e. The molecule has 0 bridgehead atoms. The van der Waals surface area contributed by atoms with Crippen molar-refractivity contribution in [1.82, 2.24) is 4.98 Å². The molecule has 0 fully saturated rings. The Bertz CT molecular complexity index is 807. The highest BCUT2D eigenvalue weighted by atomic mass is 35.5. The van der Waals surface area contributed by atoms with Gasteiger partial charge in [0.05, 0.1) is 17.1 Å². The van der Waals surface area contributed by atoms with Crippen LogP contribution in [0.2, 0.25) is 0 Å². The molecule has 0 saturated carbocycles. The number of benzene rings is 2. The second-order valence-corrected chi connectivity index (χ2v) is 4.71. The molecule has 0 atom stereocenters. The molecule has 1 aromatic heterocycles. The third-order valence-corrected chi connectivity index (χ3v) is 3.26. The van der Waals surface area contributed by atoms with Crippen LogP contribution in [-0.2, 0) is 5.88 Å². The summed E-state index contributed by atoms with van der Waals surface area (Å²) >= 11 is 5.81. The van der Waals surface area contributed by atoms with E-state index in [0.29, 0.717) is 22.3 Å². The molecule has 2 nitrogen and oxygen atoms in total. The van der Waals surface area contributed by atoms with E-state index in [0.717, 1.165) is 18.2 Å². The zero-order valence-corrected chi connectivity index (χ0v) is 11.6. The van der Waals surface area contributed by atoms with Crippen molar-refractivity contribution in [1.29, 1.82) is 0 Å².